The molecule has 0 aliphatic rings. The van der Waals surface area contributed by atoms with Gasteiger partial charge in [0.1, 0.15) is 6.29 Å². The first-order valence-electron chi connectivity index (χ1n) is 5.87. The number of rotatable bonds is 4. The second-order valence-corrected chi connectivity index (χ2v) is 4.24. The van der Waals surface area contributed by atoms with Gasteiger partial charge >= 0.3 is 0 Å². The lowest BCUT2D eigenvalue weighted by Crippen LogP contribution is -2.02. The van der Waals surface area contributed by atoms with Gasteiger partial charge in [0.25, 0.3) is 0 Å². The Hall–Kier alpha value is -2.22. The molecule has 1 atom stereocenters. The molecular formula is C16H14O2. The summed E-state index contributed by atoms with van der Waals surface area (Å²) in [6.45, 7) is 1.83. The zero-order valence-corrected chi connectivity index (χ0v) is 10.2. The summed E-state index contributed by atoms with van der Waals surface area (Å²) >= 11 is 0. The Morgan fingerprint density at radius 3 is 2.06 bits per heavy atom. The molecule has 2 heteroatoms. The Morgan fingerprint density at radius 2 is 1.50 bits per heavy atom. The minimum atomic E-state index is -0.133. The standard InChI is InChI=1S/C16H14O2/c1-12(11-17)13-7-9-15(10-8-13)16(18)14-5-3-2-4-6-14/h2-12H,1H3. The number of benzene rings is 2. The lowest BCUT2D eigenvalue weighted by atomic mass is 9.98. The number of ketones is 1. The highest BCUT2D eigenvalue weighted by atomic mass is 16.1. The third-order valence-electron chi connectivity index (χ3n) is 2.94. The van der Waals surface area contributed by atoms with E-state index in [-0.39, 0.29) is 11.7 Å². The molecule has 0 aliphatic carbocycles. The van der Waals surface area contributed by atoms with Crippen molar-refractivity contribution in [3.05, 3.63) is 71.3 Å². The molecule has 2 nitrogen and oxygen atoms in total. The van der Waals surface area contributed by atoms with E-state index >= 15 is 0 Å². The van der Waals surface area contributed by atoms with Crippen molar-refractivity contribution >= 4 is 12.1 Å². The molecule has 0 aliphatic heterocycles. The molecule has 90 valence electrons. The van der Waals surface area contributed by atoms with Gasteiger partial charge in [-0.2, -0.15) is 0 Å². The molecule has 0 heterocycles. The molecular weight excluding hydrogens is 224 g/mol. The van der Waals surface area contributed by atoms with Crippen molar-refractivity contribution in [3.63, 3.8) is 0 Å². The summed E-state index contributed by atoms with van der Waals surface area (Å²) in [6, 6.07) is 16.4. The topological polar surface area (TPSA) is 34.1 Å². The first-order chi connectivity index (χ1) is 8.72. The smallest absolute Gasteiger partial charge is 0.193 e. The van der Waals surface area contributed by atoms with Crippen LogP contribution in [0.2, 0.25) is 0 Å². The number of carbonyl (C=O) groups is 2. The van der Waals surface area contributed by atoms with E-state index in [1.54, 1.807) is 24.3 Å². The van der Waals surface area contributed by atoms with Gasteiger partial charge in [0.05, 0.1) is 0 Å². The average Bonchev–Trinajstić information content (AvgIpc) is 2.47. The summed E-state index contributed by atoms with van der Waals surface area (Å²) in [4.78, 5) is 22.8. The molecule has 0 fully saturated rings. The van der Waals surface area contributed by atoms with Gasteiger partial charge in [0, 0.05) is 17.0 Å². The van der Waals surface area contributed by atoms with Gasteiger partial charge in [-0.15, -0.1) is 0 Å². The Morgan fingerprint density at radius 1 is 0.944 bits per heavy atom. The number of carbonyl (C=O) groups excluding carboxylic acids is 2. The fourth-order valence-corrected chi connectivity index (χ4v) is 1.77. The van der Waals surface area contributed by atoms with Crippen molar-refractivity contribution in [2.45, 2.75) is 12.8 Å². The van der Waals surface area contributed by atoms with Crippen LogP contribution in [-0.2, 0) is 4.79 Å². The zero-order chi connectivity index (χ0) is 13.0. The van der Waals surface area contributed by atoms with Crippen LogP contribution in [0.5, 0.6) is 0 Å². The normalized spacial score (nSPS) is 11.8. The third-order valence-corrected chi connectivity index (χ3v) is 2.94. The van der Waals surface area contributed by atoms with Crippen molar-refractivity contribution in [1.82, 2.24) is 0 Å². The van der Waals surface area contributed by atoms with Crippen LogP contribution in [0.1, 0.15) is 34.3 Å². The van der Waals surface area contributed by atoms with Crippen LogP contribution in [0, 0.1) is 0 Å². The van der Waals surface area contributed by atoms with Gasteiger partial charge in [0.2, 0.25) is 0 Å². The van der Waals surface area contributed by atoms with Gasteiger partial charge in [-0.25, -0.2) is 0 Å². The summed E-state index contributed by atoms with van der Waals surface area (Å²) in [7, 11) is 0. The van der Waals surface area contributed by atoms with Gasteiger partial charge in [-0.05, 0) is 5.56 Å². The molecule has 0 radical (unpaired) electrons. The van der Waals surface area contributed by atoms with E-state index in [1.165, 1.54) is 0 Å². The summed E-state index contributed by atoms with van der Waals surface area (Å²) < 4.78 is 0. The van der Waals surface area contributed by atoms with Crippen LogP contribution >= 0.6 is 0 Å². The molecule has 0 bridgehead atoms. The molecule has 0 saturated carbocycles. The summed E-state index contributed by atoms with van der Waals surface area (Å²) in [5.74, 6) is -0.133. The Labute approximate surface area is 106 Å². The fraction of sp³-hybridized carbons (Fsp3) is 0.125. The molecule has 0 amide bonds. The van der Waals surface area contributed by atoms with E-state index in [1.807, 2.05) is 37.3 Å². The summed E-state index contributed by atoms with van der Waals surface area (Å²) in [6.07, 6.45) is 0.897. The Bertz CT molecular complexity index is 541. The lowest BCUT2D eigenvalue weighted by molar-refractivity contribution is -0.108. The third kappa shape index (κ3) is 2.54. The highest BCUT2D eigenvalue weighted by Crippen LogP contribution is 2.15. The lowest BCUT2D eigenvalue weighted by Gasteiger charge is -2.05. The largest absolute Gasteiger partial charge is 0.303 e. The van der Waals surface area contributed by atoms with Crippen molar-refractivity contribution in [3.8, 4) is 0 Å². The summed E-state index contributed by atoms with van der Waals surface area (Å²) in [5, 5.41) is 0. The van der Waals surface area contributed by atoms with Gasteiger partial charge in [-0.3, -0.25) is 4.79 Å². The Kier molecular flexibility index (Phi) is 3.68. The molecule has 0 saturated heterocycles. The maximum absolute atomic E-state index is 12.1. The number of aldehydes is 1. The molecule has 0 N–H and O–H groups in total. The maximum atomic E-state index is 12.1. The van der Waals surface area contributed by atoms with E-state index < -0.39 is 0 Å². The molecule has 18 heavy (non-hydrogen) atoms. The maximum Gasteiger partial charge on any atom is 0.193 e. The minimum Gasteiger partial charge on any atom is -0.303 e. The Balaban J connectivity index is 2.25. The van der Waals surface area contributed by atoms with Crippen LogP contribution in [0.4, 0.5) is 0 Å². The van der Waals surface area contributed by atoms with E-state index in [9.17, 15) is 9.59 Å². The van der Waals surface area contributed by atoms with E-state index in [4.69, 9.17) is 0 Å². The summed E-state index contributed by atoms with van der Waals surface area (Å²) in [5.41, 5.74) is 2.24. The van der Waals surface area contributed by atoms with Crippen molar-refractivity contribution in [2.24, 2.45) is 0 Å². The highest BCUT2D eigenvalue weighted by Gasteiger charge is 2.09. The predicted octanol–water partition coefficient (Wildman–Crippen LogP) is 3.22. The molecule has 1 unspecified atom stereocenters. The fourth-order valence-electron chi connectivity index (χ4n) is 1.77. The van der Waals surface area contributed by atoms with Crippen LogP contribution in [0.15, 0.2) is 54.6 Å². The SMILES string of the molecule is CC(C=O)c1ccc(C(=O)c2ccccc2)cc1. The molecule has 2 rings (SSSR count). The monoisotopic (exact) mass is 238 g/mol. The van der Waals surface area contributed by atoms with Gasteiger partial charge < -0.3 is 4.79 Å². The zero-order valence-electron chi connectivity index (χ0n) is 10.2. The van der Waals surface area contributed by atoms with Crippen LogP contribution in [0.25, 0.3) is 0 Å². The van der Waals surface area contributed by atoms with Crippen molar-refractivity contribution < 1.29 is 9.59 Å². The minimum absolute atomic E-state index is 0.000839. The first kappa shape index (κ1) is 12.2. The first-order valence-corrected chi connectivity index (χ1v) is 5.87. The van der Waals surface area contributed by atoms with E-state index in [0.717, 1.165) is 11.8 Å². The van der Waals surface area contributed by atoms with Crippen molar-refractivity contribution in [1.29, 1.82) is 0 Å². The van der Waals surface area contributed by atoms with Gasteiger partial charge in [0.15, 0.2) is 5.78 Å². The van der Waals surface area contributed by atoms with E-state index in [0.29, 0.717) is 11.1 Å². The average molecular weight is 238 g/mol. The molecule has 2 aromatic carbocycles. The number of hydrogen-bond acceptors (Lipinski definition) is 2. The van der Waals surface area contributed by atoms with Crippen molar-refractivity contribution in [2.75, 3.05) is 0 Å². The highest BCUT2D eigenvalue weighted by molar-refractivity contribution is 6.08. The molecule has 2 aromatic rings. The second kappa shape index (κ2) is 5.41. The van der Waals surface area contributed by atoms with E-state index in [2.05, 4.69) is 0 Å². The number of hydrogen-bond donors (Lipinski definition) is 0. The van der Waals surface area contributed by atoms with Crippen LogP contribution in [-0.4, -0.2) is 12.1 Å². The molecule has 0 aromatic heterocycles. The van der Waals surface area contributed by atoms with Gasteiger partial charge in [-0.1, -0.05) is 61.5 Å². The second-order valence-electron chi connectivity index (χ2n) is 4.24. The quantitative estimate of drug-likeness (QED) is 0.605. The molecule has 0 spiro atoms. The van der Waals surface area contributed by atoms with Crippen LogP contribution in [0.3, 0.4) is 0 Å². The van der Waals surface area contributed by atoms with Crippen LogP contribution < -0.4 is 0 Å². The predicted molar refractivity (Wildman–Crippen MR) is 70.8 cm³/mol.